The zero-order valence-electron chi connectivity index (χ0n) is 9.91. The summed E-state index contributed by atoms with van der Waals surface area (Å²) >= 11 is 3.68. The zero-order chi connectivity index (χ0) is 11.5. The van der Waals surface area contributed by atoms with E-state index in [0.29, 0.717) is 11.7 Å². The van der Waals surface area contributed by atoms with Crippen molar-refractivity contribution in [3.8, 4) is 0 Å². The zero-order valence-corrected chi connectivity index (χ0v) is 11.5. The topological polar surface area (TPSA) is 17.1 Å². The summed E-state index contributed by atoms with van der Waals surface area (Å²) in [5.41, 5.74) is 1.26. The first-order chi connectivity index (χ1) is 7.66. The SMILES string of the molecule is Cc1cc(C(=O)CC2CCSCC2)sc1C. The summed E-state index contributed by atoms with van der Waals surface area (Å²) < 4.78 is 0. The lowest BCUT2D eigenvalue weighted by molar-refractivity contribution is 0.0962. The van der Waals surface area contributed by atoms with E-state index in [2.05, 4.69) is 19.9 Å². The largest absolute Gasteiger partial charge is 0.293 e. The van der Waals surface area contributed by atoms with E-state index in [4.69, 9.17) is 0 Å². The molecule has 88 valence electrons. The molecule has 0 aromatic carbocycles. The van der Waals surface area contributed by atoms with E-state index in [1.54, 1.807) is 11.3 Å². The molecule has 1 aliphatic heterocycles. The van der Waals surface area contributed by atoms with Crippen LogP contribution in [0.5, 0.6) is 0 Å². The van der Waals surface area contributed by atoms with Gasteiger partial charge in [0.15, 0.2) is 5.78 Å². The second-order valence-corrected chi connectivity index (χ2v) is 7.01. The number of thioether (sulfide) groups is 1. The van der Waals surface area contributed by atoms with Crippen molar-refractivity contribution in [1.29, 1.82) is 0 Å². The normalized spacial score (nSPS) is 17.6. The van der Waals surface area contributed by atoms with Gasteiger partial charge in [0.05, 0.1) is 4.88 Å². The predicted molar refractivity (Wildman–Crippen MR) is 72.8 cm³/mol. The summed E-state index contributed by atoms with van der Waals surface area (Å²) in [6.07, 6.45) is 3.21. The molecule has 1 fully saturated rings. The molecule has 0 amide bonds. The fourth-order valence-corrected chi connectivity index (χ4v) is 4.21. The lowest BCUT2D eigenvalue weighted by Gasteiger charge is -2.19. The summed E-state index contributed by atoms with van der Waals surface area (Å²) in [6, 6.07) is 2.06. The van der Waals surface area contributed by atoms with Crippen LogP contribution in [0.3, 0.4) is 0 Å². The van der Waals surface area contributed by atoms with Crippen molar-refractivity contribution < 1.29 is 4.79 Å². The molecular formula is C13H18OS2. The van der Waals surface area contributed by atoms with Crippen LogP contribution in [0.1, 0.15) is 39.4 Å². The molecule has 1 nitrogen and oxygen atoms in total. The molecule has 0 aliphatic carbocycles. The molecule has 1 saturated heterocycles. The summed E-state index contributed by atoms with van der Waals surface area (Å²) in [6.45, 7) is 4.17. The summed E-state index contributed by atoms with van der Waals surface area (Å²) in [4.78, 5) is 14.3. The first-order valence-electron chi connectivity index (χ1n) is 5.85. The standard InChI is InChI=1S/C13H18OS2/c1-9-7-13(16-10(9)2)12(14)8-11-3-5-15-6-4-11/h7,11H,3-6,8H2,1-2H3. The first kappa shape index (κ1) is 12.2. The summed E-state index contributed by atoms with van der Waals surface area (Å²) in [5, 5.41) is 0. The van der Waals surface area contributed by atoms with Crippen molar-refractivity contribution in [3.05, 3.63) is 21.4 Å². The third-order valence-electron chi connectivity index (χ3n) is 3.26. The van der Waals surface area contributed by atoms with Crippen LogP contribution in [0.15, 0.2) is 6.07 Å². The lowest BCUT2D eigenvalue weighted by atomic mass is 9.96. The Morgan fingerprint density at radius 3 is 2.62 bits per heavy atom. The Balaban J connectivity index is 1.96. The number of hydrogen-bond acceptors (Lipinski definition) is 3. The van der Waals surface area contributed by atoms with E-state index in [-0.39, 0.29) is 0 Å². The van der Waals surface area contributed by atoms with Crippen LogP contribution >= 0.6 is 23.1 Å². The quantitative estimate of drug-likeness (QED) is 0.756. The van der Waals surface area contributed by atoms with E-state index < -0.39 is 0 Å². The highest BCUT2D eigenvalue weighted by Gasteiger charge is 2.19. The maximum atomic E-state index is 12.1. The third kappa shape index (κ3) is 2.89. The van der Waals surface area contributed by atoms with Crippen LogP contribution in [0.2, 0.25) is 0 Å². The van der Waals surface area contributed by atoms with Crippen molar-refractivity contribution in [1.82, 2.24) is 0 Å². The number of carbonyl (C=O) groups excluding carboxylic acids is 1. The number of aryl methyl sites for hydroxylation is 2. The van der Waals surface area contributed by atoms with Crippen molar-refractivity contribution >= 4 is 28.9 Å². The van der Waals surface area contributed by atoms with Gasteiger partial charge in [-0.25, -0.2) is 0 Å². The number of carbonyl (C=O) groups is 1. The van der Waals surface area contributed by atoms with Gasteiger partial charge < -0.3 is 0 Å². The van der Waals surface area contributed by atoms with E-state index in [1.165, 1.54) is 34.8 Å². The minimum absolute atomic E-state index is 0.359. The molecule has 0 N–H and O–H groups in total. The lowest BCUT2D eigenvalue weighted by Crippen LogP contribution is -2.13. The molecule has 0 atom stereocenters. The smallest absolute Gasteiger partial charge is 0.173 e. The second-order valence-electron chi connectivity index (χ2n) is 4.53. The fraction of sp³-hybridized carbons (Fsp3) is 0.615. The van der Waals surface area contributed by atoms with Gasteiger partial charge in [-0.1, -0.05) is 0 Å². The van der Waals surface area contributed by atoms with E-state index >= 15 is 0 Å². The monoisotopic (exact) mass is 254 g/mol. The van der Waals surface area contributed by atoms with Gasteiger partial charge in [0.2, 0.25) is 0 Å². The second kappa shape index (κ2) is 5.37. The Morgan fingerprint density at radius 1 is 1.38 bits per heavy atom. The van der Waals surface area contributed by atoms with Crippen LogP contribution in [0.4, 0.5) is 0 Å². The third-order valence-corrected chi connectivity index (χ3v) is 5.50. The highest BCUT2D eigenvalue weighted by molar-refractivity contribution is 7.99. The first-order valence-corrected chi connectivity index (χ1v) is 7.82. The number of thiophene rings is 1. The van der Waals surface area contributed by atoms with Gasteiger partial charge in [0.25, 0.3) is 0 Å². The number of ketones is 1. The fourth-order valence-electron chi connectivity index (χ4n) is 2.02. The molecule has 1 aromatic heterocycles. The van der Waals surface area contributed by atoms with E-state index in [9.17, 15) is 4.79 Å². The van der Waals surface area contributed by atoms with Gasteiger partial charge in [-0.05, 0) is 55.7 Å². The van der Waals surface area contributed by atoms with Crippen molar-refractivity contribution in [2.75, 3.05) is 11.5 Å². The van der Waals surface area contributed by atoms with Crippen molar-refractivity contribution in [2.24, 2.45) is 5.92 Å². The molecule has 2 rings (SSSR count). The van der Waals surface area contributed by atoms with Gasteiger partial charge in [0.1, 0.15) is 0 Å². The number of Topliss-reactive ketones (excluding diaryl/α,β-unsaturated/α-hetero) is 1. The van der Waals surface area contributed by atoms with Gasteiger partial charge in [-0.15, -0.1) is 11.3 Å². The van der Waals surface area contributed by atoms with Crippen molar-refractivity contribution in [3.63, 3.8) is 0 Å². The van der Waals surface area contributed by atoms with Gasteiger partial charge in [0, 0.05) is 11.3 Å². The van der Waals surface area contributed by atoms with Crippen molar-refractivity contribution in [2.45, 2.75) is 33.1 Å². The van der Waals surface area contributed by atoms with E-state index in [1.807, 2.05) is 11.8 Å². The molecule has 0 spiro atoms. The molecular weight excluding hydrogens is 236 g/mol. The minimum atomic E-state index is 0.359. The Labute approximate surface area is 106 Å². The van der Waals surface area contributed by atoms with Gasteiger partial charge in [-0.3, -0.25) is 4.79 Å². The average molecular weight is 254 g/mol. The van der Waals surface area contributed by atoms with Crippen LogP contribution in [-0.4, -0.2) is 17.3 Å². The molecule has 0 saturated carbocycles. The van der Waals surface area contributed by atoms with Gasteiger partial charge in [-0.2, -0.15) is 11.8 Å². The molecule has 2 heterocycles. The Kier molecular flexibility index (Phi) is 4.09. The van der Waals surface area contributed by atoms with Crippen LogP contribution in [-0.2, 0) is 0 Å². The molecule has 16 heavy (non-hydrogen) atoms. The maximum Gasteiger partial charge on any atom is 0.173 e. The maximum absolute atomic E-state index is 12.1. The Morgan fingerprint density at radius 2 is 2.06 bits per heavy atom. The average Bonchev–Trinajstić information content (AvgIpc) is 2.61. The molecule has 0 bridgehead atoms. The molecule has 0 radical (unpaired) electrons. The summed E-state index contributed by atoms with van der Waals surface area (Å²) in [5.74, 6) is 3.47. The molecule has 1 aromatic rings. The highest BCUT2D eigenvalue weighted by atomic mass is 32.2. The predicted octanol–water partition coefficient (Wildman–Crippen LogP) is 4.08. The molecule has 0 unspecified atom stereocenters. The van der Waals surface area contributed by atoms with Gasteiger partial charge >= 0.3 is 0 Å². The molecule has 3 heteroatoms. The Hall–Kier alpha value is -0.280. The van der Waals surface area contributed by atoms with E-state index in [0.717, 1.165) is 11.3 Å². The van der Waals surface area contributed by atoms with Crippen LogP contribution < -0.4 is 0 Å². The van der Waals surface area contributed by atoms with Crippen LogP contribution in [0, 0.1) is 19.8 Å². The Bertz CT molecular complexity index is 356. The highest BCUT2D eigenvalue weighted by Crippen LogP contribution is 2.28. The summed E-state index contributed by atoms with van der Waals surface area (Å²) in [7, 11) is 0. The minimum Gasteiger partial charge on any atom is -0.293 e. The van der Waals surface area contributed by atoms with Crippen LogP contribution in [0.25, 0.3) is 0 Å². The molecule has 1 aliphatic rings. The number of hydrogen-bond donors (Lipinski definition) is 0. The number of rotatable bonds is 3.